The molecule has 0 radical (unpaired) electrons. The minimum Gasteiger partial charge on any atom is -0.480 e. The zero-order chi connectivity index (χ0) is 14.0. The van der Waals surface area contributed by atoms with Gasteiger partial charge < -0.3 is 5.11 Å². The third kappa shape index (κ3) is 3.74. The highest BCUT2D eigenvalue weighted by Crippen LogP contribution is 2.31. The number of rotatable bonds is 6. The summed E-state index contributed by atoms with van der Waals surface area (Å²) in [5.41, 5.74) is 0.515. The van der Waals surface area contributed by atoms with Crippen LogP contribution in [0.5, 0.6) is 0 Å². The Bertz CT molecular complexity index is 583. The maximum atomic E-state index is 13.1. The fourth-order valence-electron chi connectivity index (χ4n) is 1.87. The Labute approximate surface area is 110 Å². The molecule has 0 unspecified atom stereocenters. The Morgan fingerprint density at radius 2 is 2.11 bits per heavy atom. The van der Waals surface area contributed by atoms with E-state index in [1.165, 1.54) is 18.2 Å². The van der Waals surface area contributed by atoms with Crippen molar-refractivity contribution in [1.29, 1.82) is 0 Å². The standard InChI is InChI=1S/C12H14FNO4S/c13-10-3-1-2-9(6-10)7-14(11-4-5-11)19(17,18)8-12(15)16/h1-3,6,11H,4-5,7-8H2,(H,15,16). The molecule has 5 nitrogen and oxygen atoms in total. The van der Waals surface area contributed by atoms with Crippen LogP contribution in [0.15, 0.2) is 24.3 Å². The first-order valence-electron chi connectivity index (χ1n) is 5.84. The lowest BCUT2D eigenvalue weighted by molar-refractivity contribution is -0.134. The normalized spacial score (nSPS) is 15.7. The number of hydrogen-bond acceptors (Lipinski definition) is 3. The van der Waals surface area contributed by atoms with Crippen molar-refractivity contribution in [2.75, 3.05) is 5.75 Å². The fourth-order valence-corrected chi connectivity index (χ4v) is 3.36. The molecule has 0 spiro atoms. The molecule has 1 aliphatic carbocycles. The van der Waals surface area contributed by atoms with Gasteiger partial charge in [-0.3, -0.25) is 4.79 Å². The van der Waals surface area contributed by atoms with Crippen LogP contribution in [0.1, 0.15) is 18.4 Å². The second-order valence-corrected chi connectivity index (χ2v) is 6.48. The van der Waals surface area contributed by atoms with Gasteiger partial charge in [-0.15, -0.1) is 0 Å². The maximum Gasteiger partial charge on any atom is 0.320 e. The molecule has 1 N–H and O–H groups in total. The first kappa shape index (κ1) is 14.0. The van der Waals surface area contributed by atoms with Gasteiger partial charge in [-0.2, -0.15) is 4.31 Å². The molecular formula is C12H14FNO4S. The lowest BCUT2D eigenvalue weighted by Gasteiger charge is -2.21. The molecule has 2 rings (SSSR count). The van der Waals surface area contributed by atoms with Gasteiger partial charge in [0.2, 0.25) is 10.0 Å². The largest absolute Gasteiger partial charge is 0.480 e. The summed E-state index contributed by atoms with van der Waals surface area (Å²) in [5, 5.41) is 8.64. The number of benzene rings is 1. The molecule has 104 valence electrons. The molecule has 19 heavy (non-hydrogen) atoms. The Balaban J connectivity index is 2.19. The number of halogens is 1. The summed E-state index contributed by atoms with van der Waals surface area (Å²) in [7, 11) is -3.86. The van der Waals surface area contributed by atoms with Crippen molar-refractivity contribution in [2.24, 2.45) is 0 Å². The van der Waals surface area contributed by atoms with Crippen molar-refractivity contribution in [3.8, 4) is 0 Å². The summed E-state index contributed by atoms with van der Waals surface area (Å²) in [6.45, 7) is 0.0119. The minimum atomic E-state index is -3.86. The lowest BCUT2D eigenvalue weighted by Crippen LogP contribution is -2.36. The highest BCUT2D eigenvalue weighted by molar-refractivity contribution is 7.89. The van der Waals surface area contributed by atoms with Crippen LogP contribution >= 0.6 is 0 Å². The van der Waals surface area contributed by atoms with E-state index in [4.69, 9.17) is 5.11 Å². The predicted molar refractivity (Wildman–Crippen MR) is 66.4 cm³/mol. The van der Waals surface area contributed by atoms with Crippen LogP contribution in [-0.2, 0) is 21.4 Å². The molecule has 0 aromatic heterocycles. The van der Waals surface area contributed by atoms with Crippen LogP contribution in [0.25, 0.3) is 0 Å². The van der Waals surface area contributed by atoms with Gasteiger partial charge in [-0.25, -0.2) is 12.8 Å². The molecule has 0 bridgehead atoms. The Morgan fingerprint density at radius 1 is 1.42 bits per heavy atom. The van der Waals surface area contributed by atoms with Gasteiger partial charge in [-0.05, 0) is 30.5 Å². The van der Waals surface area contributed by atoms with Crippen molar-refractivity contribution in [3.63, 3.8) is 0 Å². The van der Waals surface area contributed by atoms with E-state index in [1.807, 2.05) is 0 Å². The Morgan fingerprint density at radius 3 is 2.63 bits per heavy atom. The van der Waals surface area contributed by atoms with Gasteiger partial charge in [0.15, 0.2) is 5.75 Å². The number of nitrogens with zero attached hydrogens (tertiary/aromatic N) is 1. The molecule has 0 amide bonds. The third-order valence-electron chi connectivity index (χ3n) is 2.84. The Hall–Kier alpha value is -1.47. The molecule has 1 fully saturated rings. The van der Waals surface area contributed by atoms with Gasteiger partial charge in [0, 0.05) is 12.6 Å². The van der Waals surface area contributed by atoms with Crippen LogP contribution < -0.4 is 0 Å². The quantitative estimate of drug-likeness (QED) is 0.853. The molecule has 1 saturated carbocycles. The van der Waals surface area contributed by atoms with Crippen molar-refractivity contribution >= 4 is 16.0 Å². The van der Waals surface area contributed by atoms with Gasteiger partial charge in [-0.1, -0.05) is 12.1 Å². The third-order valence-corrected chi connectivity index (χ3v) is 4.60. The van der Waals surface area contributed by atoms with Gasteiger partial charge in [0.25, 0.3) is 0 Å². The number of hydrogen-bond donors (Lipinski definition) is 1. The molecule has 0 atom stereocenters. The molecule has 1 aromatic rings. The predicted octanol–water partition coefficient (Wildman–Crippen LogP) is 1.20. The topological polar surface area (TPSA) is 74.7 Å². The van der Waals surface area contributed by atoms with E-state index in [1.54, 1.807) is 6.07 Å². The number of sulfonamides is 1. The van der Waals surface area contributed by atoms with Gasteiger partial charge >= 0.3 is 5.97 Å². The number of aliphatic carboxylic acids is 1. The zero-order valence-electron chi connectivity index (χ0n) is 10.1. The Kier molecular flexibility index (Phi) is 3.86. The summed E-state index contributed by atoms with van der Waals surface area (Å²) in [6.07, 6.45) is 1.43. The van der Waals surface area contributed by atoms with E-state index in [0.717, 1.165) is 4.31 Å². The second kappa shape index (κ2) is 5.26. The number of carbonyl (C=O) groups is 1. The molecular weight excluding hydrogens is 273 g/mol. The van der Waals surface area contributed by atoms with Crippen molar-refractivity contribution in [1.82, 2.24) is 4.31 Å². The molecule has 0 aliphatic heterocycles. The molecule has 7 heteroatoms. The van der Waals surface area contributed by atoms with Crippen molar-refractivity contribution < 1.29 is 22.7 Å². The first-order valence-corrected chi connectivity index (χ1v) is 7.45. The number of carboxylic acids is 1. The van der Waals surface area contributed by atoms with Crippen LogP contribution in [0.2, 0.25) is 0 Å². The van der Waals surface area contributed by atoms with Crippen LogP contribution in [0.4, 0.5) is 4.39 Å². The van der Waals surface area contributed by atoms with E-state index < -0.39 is 27.6 Å². The summed E-state index contributed by atoms with van der Waals surface area (Å²) in [4.78, 5) is 10.6. The molecule has 1 aliphatic rings. The number of carboxylic acid groups (broad SMARTS) is 1. The average Bonchev–Trinajstić information content (AvgIpc) is 3.07. The zero-order valence-corrected chi connectivity index (χ0v) is 10.9. The van der Waals surface area contributed by atoms with Crippen LogP contribution in [-0.4, -0.2) is 35.6 Å². The van der Waals surface area contributed by atoms with E-state index in [0.29, 0.717) is 18.4 Å². The SMILES string of the molecule is O=C(O)CS(=O)(=O)N(Cc1cccc(F)c1)C1CC1. The summed E-state index contributed by atoms with van der Waals surface area (Å²) in [5.74, 6) is -2.76. The van der Waals surface area contributed by atoms with E-state index in [-0.39, 0.29) is 12.6 Å². The lowest BCUT2D eigenvalue weighted by atomic mass is 10.2. The summed E-state index contributed by atoms with van der Waals surface area (Å²) < 4.78 is 38.2. The monoisotopic (exact) mass is 287 g/mol. The van der Waals surface area contributed by atoms with E-state index in [9.17, 15) is 17.6 Å². The van der Waals surface area contributed by atoms with Crippen molar-refractivity contribution in [2.45, 2.75) is 25.4 Å². The summed E-state index contributed by atoms with van der Waals surface area (Å²) in [6, 6.07) is 5.49. The van der Waals surface area contributed by atoms with Crippen molar-refractivity contribution in [3.05, 3.63) is 35.6 Å². The first-order chi connectivity index (χ1) is 8.88. The highest BCUT2D eigenvalue weighted by Gasteiger charge is 2.38. The highest BCUT2D eigenvalue weighted by atomic mass is 32.2. The van der Waals surface area contributed by atoms with Gasteiger partial charge in [0.1, 0.15) is 5.82 Å². The smallest absolute Gasteiger partial charge is 0.320 e. The van der Waals surface area contributed by atoms with Crippen LogP contribution in [0, 0.1) is 5.82 Å². The average molecular weight is 287 g/mol. The molecule has 1 aromatic carbocycles. The van der Waals surface area contributed by atoms with E-state index in [2.05, 4.69) is 0 Å². The second-order valence-electron chi connectivity index (χ2n) is 4.56. The maximum absolute atomic E-state index is 13.1. The van der Waals surface area contributed by atoms with E-state index >= 15 is 0 Å². The molecule has 0 saturated heterocycles. The van der Waals surface area contributed by atoms with Gasteiger partial charge in [0.05, 0.1) is 0 Å². The van der Waals surface area contributed by atoms with Crippen LogP contribution in [0.3, 0.4) is 0 Å². The fraction of sp³-hybridized carbons (Fsp3) is 0.417. The molecule has 0 heterocycles. The minimum absolute atomic E-state index is 0.0119. The summed E-state index contributed by atoms with van der Waals surface area (Å²) >= 11 is 0.